The number of hydrogen-bond acceptors (Lipinski definition) is 2. The average molecular weight is 340 g/mol. The maximum absolute atomic E-state index is 12.0. The molecule has 0 atom stereocenters. The summed E-state index contributed by atoms with van der Waals surface area (Å²) in [6.45, 7) is 2.72. The van der Waals surface area contributed by atoms with Crippen LogP contribution in [0.15, 0.2) is 36.5 Å². The Balaban J connectivity index is 1.54. The molecule has 2 aromatic rings. The van der Waals surface area contributed by atoms with Gasteiger partial charge in [0.2, 0.25) is 0 Å². The predicted octanol–water partition coefficient (Wildman–Crippen LogP) is 4.45. The SMILES string of the molecule is Cc1cnc(CCNC(=O)Nc2ccccc2)n1C1CCCCCC1. The van der Waals surface area contributed by atoms with Gasteiger partial charge in [-0.05, 0) is 31.9 Å². The zero-order chi connectivity index (χ0) is 17.5. The van der Waals surface area contributed by atoms with Crippen LogP contribution >= 0.6 is 0 Å². The van der Waals surface area contributed by atoms with Gasteiger partial charge in [0.05, 0.1) is 0 Å². The summed E-state index contributed by atoms with van der Waals surface area (Å²) in [5.74, 6) is 1.09. The molecule has 1 heterocycles. The fourth-order valence-electron chi connectivity index (χ4n) is 3.68. The van der Waals surface area contributed by atoms with Crippen LogP contribution in [0.4, 0.5) is 10.5 Å². The normalized spacial score (nSPS) is 15.6. The van der Waals surface area contributed by atoms with Crippen LogP contribution in [0.1, 0.15) is 56.1 Å². The number of amides is 2. The van der Waals surface area contributed by atoms with E-state index in [1.807, 2.05) is 36.5 Å². The van der Waals surface area contributed by atoms with Crippen LogP contribution in [0.2, 0.25) is 0 Å². The van der Waals surface area contributed by atoms with Gasteiger partial charge in [0.1, 0.15) is 5.82 Å². The van der Waals surface area contributed by atoms with Crippen molar-refractivity contribution in [2.45, 2.75) is 57.9 Å². The minimum absolute atomic E-state index is 0.171. The van der Waals surface area contributed by atoms with Crippen molar-refractivity contribution in [3.8, 4) is 0 Å². The summed E-state index contributed by atoms with van der Waals surface area (Å²) in [7, 11) is 0. The van der Waals surface area contributed by atoms with Gasteiger partial charge in [0.25, 0.3) is 0 Å². The van der Waals surface area contributed by atoms with Crippen LogP contribution in [0.5, 0.6) is 0 Å². The highest BCUT2D eigenvalue weighted by Crippen LogP contribution is 2.29. The molecule has 1 aliphatic rings. The average Bonchev–Trinajstić information content (AvgIpc) is 2.82. The molecule has 1 saturated carbocycles. The van der Waals surface area contributed by atoms with Gasteiger partial charge in [0.15, 0.2) is 0 Å². The van der Waals surface area contributed by atoms with Crippen LogP contribution in [0.25, 0.3) is 0 Å². The number of carbonyl (C=O) groups is 1. The lowest BCUT2D eigenvalue weighted by molar-refractivity contribution is 0.252. The number of urea groups is 1. The van der Waals surface area contributed by atoms with Crippen molar-refractivity contribution >= 4 is 11.7 Å². The van der Waals surface area contributed by atoms with Crippen LogP contribution in [0, 0.1) is 6.92 Å². The van der Waals surface area contributed by atoms with Crippen molar-refractivity contribution < 1.29 is 4.79 Å². The Morgan fingerprint density at radius 2 is 1.88 bits per heavy atom. The summed E-state index contributed by atoms with van der Waals surface area (Å²) >= 11 is 0. The van der Waals surface area contributed by atoms with E-state index in [1.54, 1.807) is 0 Å². The van der Waals surface area contributed by atoms with Gasteiger partial charge < -0.3 is 15.2 Å². The highest BCUT2D eigenvalue weighted by Gasteiger charge is 2.19. The topological polar surface area (TPSA) is 59.0 Å². The number of imidazole rings is 1. The zero-order valence-corrected chi connectivity index (χ0v) is 15.0. The Hall–Kier alpha value is -2.30. The first-order chi connectivity index (χ1) is 12.2. The first-order valence-corrected chi connectivity index (χ1v) is 9.36. The number of aryl methyl sites for hydroxylation is 1. The molecule has 0 spiro atoms. The number of anilines is 1. The van der Waals surface area contributed by atoms with E-state index in [4.69, 9.17) is 0 Å². The molecule has 2 amide bonds. The van der Waals surface area contributed by atoms with Crippen LogP contribution < -0.4 is 10.6 Å². The second-order valence-electron chi connectivity index (χ2n) is 6.83. The first-order valence-electron chi connectivity index (χ1n) is 9.36. The van der Waals surface area contributed by atoms with E-state index < -0.39 is 0 Å². The van der Waals surface area contributed by atoms with E-state index in [0.29, 0.717) is 12.6 Å². The van der Waals surface area contributed by atoms with Crippen molar-refractivity contribution in [1.29, 1.82) is 0 Å². The van der Waals surface area contributed by atoms with Gasteiger partial charge in [0, 0.05) is 36.6 Å². The molecule has 1 aromatic heterocycles. The Labute approximate surface area is 149 Å². The highest BCUT2D eigenvalue weighted by atomic mass is 16.2. The molecule has 0 unspecified atom stereocenters. The Bertz CT molecular complexity index is 672. The van der Waals surface area contributed by atoms with Crippen molar-refractivity contribution in [2.75, 3.05) is 11.9 Å². The molecule has 3 rings (SSSR count). The quantitative estimate of drug-likeness (QED) is 0.790. The summed E-state index contributed by atoms with van der Waals surface area (Å²) in [5.41, 5.74) is 2.03. The Morgan fingerprint density at radius 1 is 1.16 bits per heavy atom. The maximum Gasteiger partial charge on any atom is 0.319 e. The van der Waals surface area contributed by atoms with Crippen molar-refractivity contribution in [3.63, 3.8) is 0 Å². The molecular formula is C20H28N4O. The lowest BCUT2D eigenvalue weighted by Crippen LogP contribution is -2.31. The molecule has 0 aliphatic heterocycles. The second kappa shape index (κ2) is 8.70. The molecule has 0 saturated heterocycles. The lowest BCUT2D eigenvalue weighted by atomic mass is 10.1. The molecule has 1 fully saturated rings. The van der Waals surface area contributed by atoms with Crippen LogP contribution in [0.3, 0.4) is 0 Å². The molecule has 2 N–H and O–H groups in total. The first kappa shape index (κ1) is 17.5. The summed E-state index contributed by atoms with van der Waals surface area (Å²) in [5, 5.41) is 5.77. The lowest BCUT2D eigenvalue weighted by Gasteiger charge is -2.21. The van der Waals surface area contributed by atoms with Gasteiger partial charge in [-0.1, -0.05) is 43.9 Å². The molecule has 134 valence electrons. The Morgan fingerprint density at radius 3 is 2.60 bits per heavy atom. The van der Waals surface area contributed by atoms with Gasteiger partial charge in [-0.25, -0.2) is 9.78 Å². The van der Waals surface area contributed by atoms with Crippen molar-refractivity contribution in [3.05, 3.63) is 48.0 Å². The van der Waals surface area contributed by atoms with Crippen LogP contribution in [-0.4, -0.2) is 22.1 Å². The number of benzene rings is 1. The minimum atomic E-state index is -0.171. The van der Waals surface area contributed by atoms with E-state index in [-0.39, 0.29) is 6.03 Å². The largest absolute Gasteiger partial charge is 0.337 e. The van der Waals surface area contributed by atoms with Crippen molar-refractivity contribution in [1.82, 2.24) is 14.9 Å². The zero-order valence-electron chi connectivity index (χ0n) is 15.0. The molecular weight excluding hydrogens is 312 g/mol. The second-order valence-corrected chi connectivity index (χ2v) is 6.83. The predicted molar refractivity (Wildman–Crippen MR) is 101 cm³/mol. The van der Waals surface area contributed by atoms with Gasteiger partial charge in [-0.15, -0.1) is 0 Å². The smallest absolute Gasteiger partial charge is 0.319 e. The van der Waals surface area contributed by atoms with E-state index >= 15 is 0 Å². The molecule has 0 bridgehead atoms. The number of nitrogens with zero attached hydrogens (tertiary/aromatic N) is 2. The Kier molecular flexibility index (Phi) is 6.09. The number of para-hydroxylation sites is 1. The highest BCUT2D eigenvalue weighted by molar-refractivity contribution is 5.89. The van der Waals surface area contributed by atoms with E-state index in [0.717, 1.165) is 17.9 Å². The fourth-order valence-corrected chi connectivity index (χ4v) is 3.68. The number of aromatic nitrogens is 2. The minimum Gasteiger partial charge on any atom is -0.337 e. The molecule has 1 aliphatic carbocycles. The summed E-state index contributed by atoms with van der Waals surface area (Å²) in [4.78, 5) is 16.6. The third-order valence-corrected chi connectivity index (χ3v) is 4.91. The van der Waals surface area contributed by atoms with Crippen molar-refractivity contribution in [2.24, 2.45) is 0 Å². The molecule has 1 aromatic carbocycles. The molecule has 5 heteroatoms. The van der Waals surface area contributed by atoms with E-state index in [2.05, 4.69) is 27.1 Å². The number of carbonyl (C=O) groups excluding carboxylic acids is 1. The van der Waals surface area contributed by atoms with Crippen LogP contribution in [-0.2, 0) is 6.42 Å². The number of hydrogen-bond donors (Lipinski definition) is 2. The molecule has 5 nitrogen and oxygen atoms in total. The monoisotopic (exact) mass is 340 g/mol. The molecule has 0 radical (unpaired) electrons. The van der Waals surface area contributed by atoms with E-state index in [9.17, 15) is 4.79 Å². The third kappa shape index (κ3) is 4.84. The standard InChI is InChI=1S/C20H28N4O/c1-16-15-22-19(24(16)18-11-7-2-3-8-12-18)13-14-21-20(25)23-17-9-5-4-6-10-17/h4-6,9-10,15,18H,2-3,7-8,11-14H2,1H3,(H2,21,23,25). The fraction of sp³-hybridized carbons (Fsp3) is 0.500. The summed E-state index contributed by atoms with van der Waals surface area (Å²) < 4.78 is 2.40. The van der Waals surface area contributed by atoms with Gasteiger partial charge in [-0.2, -0.15) is 0 Å². The van der Waals surface area contributed by atoms with Gasteiger partial charge >= 0.3 is 6.03 Å². The summed E-state index contributed by atoms with van der Waals surface area (Å²) in [6, 6.07) is 9.89. The number of nitrogens with one attached hydrogen (secondary N) is 2. The van der Waals surface area contributed by atoms with E-state index in [1.165, 1.54) is 44.2 Å². The molecule has 25 heavy (non-hydrogen) atoms. The maximum atomic E-state index is 12.0. The third-order valence-electron chi connectivity index (χ3n) is 4.91. The van der Waals surface area contributed by atoms with Gasteiger partial charge in [-0.3, -0.25) is 0 Å². The number of rotatable bonds is 5. The summed E-state index contributed by atoms with van der Waals surface area (Å²) in [6.07, 6.45) is 10.5.